The van der Waals surface area contributed by atoms with Crippen molar-refractivity contribution in [2.24, 2.45) is 0 Å². The minimum Gasteiger partial charge on any atom is -0.390 e. The zero-order valence-corrected chi connectivity index (χ0v) is 36.0. The minimum atomic E-state index is -4.42. The first-order valence-corrected chi connectivity index (χ1v) is 23.3. The summed E-state index contributed by atoms with van der Waals surface area (Å²) in [5, 5.41) is 24.6. The second-order valence-electron chi connectivity index (χ2n) is 16.2. The van der Waals surface area contributed by atoms with Crippen LogP contribution in [0.3, 0.4) is 0 Å². The maximum absolute atomic E-state index is 12.9. The molecule has 0 aliphatic carbocycles. The van der Waals surface area contributed by atoms with Gasteiger partial charge in [-0.3, -0.25) is 13.8 Å². The lowest BCUT2D eigenvalue weighted by molar-refractivity contribution is -0.870. The van der Waals surface area contributed by atoms with E-state index in [2.05, 4.69) is 43.5 Å². The van der Waals surface area contributed by atoms with E-state index in [9.17, 15) is 24.5 Å². The van der Waals surface area contributed by atoms with Gasteiger partial charge in [-0.05, 0) is 64.2 Å². The zero-order valence-electron chi connectivity index (χ0n) is 35.1. The molecule has 0 radical (unpaired) electrons. The topological polar surface area (TPSA) is 125 Å². The van der Waals surface area contributed by atoms with Gasteiger partial charge in [-0.15, -0.1) is 0 Å². The number of amides is 1. The van der Waals surface area contributed by atoms with Crippen molar-refractivity contribution in [2.75, 3.05) is 40.9 Å². The van der Waals surface area contributed by atoms with Gasteiger partial charge in [0.15, 0.2) is 0 Å². The molecule has 0 fully saturated rings. The number of phosphoric acid groups is 1. The number of rotatable bonds is 39. The number of carbonyl (C=O) groups excluding carboxylic acids is 1. The molecular formula is C43H86N2O7P+. The number of carbonyl (C=O) groups is 1. The molecule has 314 valence electrons. The van der Waals surface area contributed by atoms with Crippen LogP contribution in [0.25, 0.3) is 0 Å². The highest BCUT2D eigenvalue weighted by molar-refractivity contribution is 7.47. The summed E-state index contributed by atoms with van der Waals surface area (Å²) in [5.41, 5.74) is 0. The quantitative estimate of drug-likeness (QED) is 0.0212. The molecule has 0 aromatic heterocycles. The predicted octanol–water partition coefficient (Wildman–Crippen LogP) is 10.7. The van der Waals surface area contributed by atoms with Crippen molar-refractivity contribution in [3.8, 4) is 0 Å². The molecule has 10 heteroatoms. The van der Waals surface area contributed by atoms with Gasteiger partial charge in [-0.1, -0.05) is 141 Å². The Kier molecular flexibility index (Phi) is 34.7. The van der Waals surface area contributed by atoms with Crippen molar-refractivity contribution >= 4 is 13.7 Å². The average Bonchev–Trinajstić information content (AvgIpc) is 3.10. The Morgan fingerprint density at radius 1 is 0.642 bits per heavy atom. The molecule has 0 rings (SSSR count). The Bertz CT molecular complexity index is 940. The molecule has 0 saturated heterocycles. The Hall–Kier alpha value is -1.06. The molecule has 9 nitrogen and oxygen atoms in total. The van der Waals surface area contributed by atoms with Crippen LogP contribution < -0.4 is 5.32 Å². The highest BCUT2D eigenvalue weighted by Crippen LogP contribution is 2.43. The third kappa shape index (κ3) is 36.3. The van der Waals surface area contributed by atoms with E-state index in [1.165, 1.54) is 109 Å². The average molecular weight is 774 g/mol. The van der Waals surface area contributed by atoms with E-state index < -0.39 is 32.7 Å². The molecule has 0 heterocycles. The molecule has 53 heavy (non-hydrogen) atoms. The van der Waals surface area contributed by atoms with Gasteiger partial charge in [-0.2, -0.15) is 0 Å². The fourth-order valence-corrected chi connectivity index (χ4v) is 6.93. The summed E-state index contributed by atoms with van der Waals surface area (Å²) in [6.07, 6.45) is 36.7. The third-order valence-corrected chi connectivity index (χ3v) is 10.7. The Morgan fingerprint density at radius 2 is 1.06 bits per heavy atom. The summed E-state index contributed by atoms with van der Waals surface area (Å²) in [6.45, 7) is 4.56. The fourth-order valence-electron chi connectivity index (χ4n) is 6.19. The van der Waals surface area contributed by atoms with E-state index in [0.717, 1.165) is 44.9 Å². The van der Waals surface area contributed by atoms with Crippen LogP contribution >= 0.6 is 7.82 Å². The Balaban J connectivity index is 4.54. The number of hydrogen-bond donors (Lipinski definition) is 4. The fraction of sp³-hybridized carbons (Fsp3) is 0.884. The van der Waals surface area contributed by atoms with Gasteiger partial charge in [-0.25, -0.2) is 4.57 Å². The SMILES string of the molecule is CCCCCCCC/C=C\CCCCCCCCCC(=O)NC(COP(=O)(O)OCC[N+](C)(C)C)C(O)C(O)CCC/C=C/CCCCCCCCC. The van der Waals surface area contributed by atoms with Crippen molar-refractivity contribution in [3.05, 3.63) is 24.3 Å². The first-order valence-electron chi connectivity index (χ1n) is 21.8. The van der Waals surface area contributed by atoms with Crippen molar-refractivity contribution < 1.29 is 38.0 Å². The molecule has 4 atom stereocenters. The van der Waals surface area contributed by atoms with E-state index in [4.69, 9.17) is 9.05 Å². The van der Waals surface area contributed by atoms with Crippen LogP contribution in [-0.2, 0) is 18.4 Å². The van der Waals surface area contributed by atoms with E-state index in [-0.39, 0.29) is 18.9 Å². The van der Waals surface area contributed by atoms with E-state index >= 15 is 0 Å². The van der Waals surface area contributed by atoms with Crippen LogP contribution in [0, 0.1) is 0 Å². The molecule has 4 unspecified atom stereocenters. The second kappa shape index (κ2) is 35.4. The number of unbranched alkanes of at least 4 members (excludes halogenated alkanes) is 21. The number of aliphatic hydroxyl groups is 2. The van der Waals surface area contributed by atoms with Crippen LogP contribution in [0.4, 0.5) is 0 Å². The number of phosphoric ester groups is 1. The third-order valence-electron chi connectivity index (χ3n) is 9.76. The van der Waals surface area contributed by atoms with Gasteiger partial charge in [0.2, 0.25) is 5.91 Å². The van der Waals surface area contributed by atoms with Crippen LogP contribution in [-0.4, -0.2) is 84.6 Å². The molecule has 1 amide bonds. The standard InChI is InChI=1S/C43H85N2O7P/c1-6-8-10-12-14-16-18-20-21-22-23-24-26-28-30-32-34-36-42(47)44-40(39-52-53(49,50)51-38-37-45(3,4)5)43(48)41(46)35-33-31-29-27-25-19-17-15-13-11-9-7-2/h20-21,27,29,40-41,43,46,48H,6-19,22-26,28,30-39H2,1-5H3,(H-,44,47,49,50)/p+1/b21-20-,29-27+. The highest BCUT2D eigenvalue weighted by atomic mass is 31.2. The van der Waals surface area contributed by atoms with Gasteiger partial charge >= 0.3 is 7.82 Å². The van der Waals surface area contributed by atoms with Gasteiger partial charge in [0.1, 0.15) is 19.3 Å². The second-order valence-corrected chi connectivity index (χ2v) is 17.7. The number of allylic oxidation sites excluding steroid dienone is 4. The predicted molar refractivity (Wildman–Crippen MR) is 223 cm³/mol. The highest BCUT2D eigenvalue weighted by Gasteiger charge is 2.31. The normalized spacial score (nSPS) is 15.2. The molecule has 4 N–H and O–H groups in total. The summed E-state index contributed by atoms with van der Waals surface area (Å²) in [4.78, 5) is 23.1. The molecule has 0 aliphatic heterocycles. The lowest BCUT2D eigenvalue weighted by Crippen LogP contribution is -2.51. The van der Waals surface area contributed by atoms with Gasteiger partial charge in [0.25, 0.3) is 0 Å². The first kappa shape index (κ1) is 51.9. The molecule has 0 bridgehead atoms. The Labute approximate surface area is 327 Å². The maximum atomic E-state index is 12.9. The van der Waals surface area contributed by atoms with Gasteiger partial charge < -0.3 is 24.9 Å². The van der Waals surface area contributed by atoms with E-state index in [1.807, 2.05) is 21.1 Å². The monoisotopic (exact) mass is 774 g/mol. The lowest BCUT2D eigenvalue weighted by Gasteiger charge is -2.28. The number of nitrogens with zero attached hydrogens (tertiary/aromatic N) is 1. The maximum Gasteiger partial charge on any atom is 0.472 e. The summed E-state index contributed by atoms with van der Waals surface area (Å²) in [5.74, 6) is -0.274. The molecular weight excluding hydrogens is 687 g/mol. The summed E-state index contributed by atoms with van der Waals surface area (Å²) in [7, 11) is 1.41. The molecule has 0 saturated carbocycles. The van der Waals surface area contributed by atoms with Crippen LogP contribution in [0.2, 0.25) is 0 Å². The lowest BCUT2D eigenvalue weighted by atomic mass is 10.0. The summed E-state index contributed by atoms with van der Waals surface area (Å²) < 4.78 is 23.4. The van der Waals surface area contributed by atoms with E-state index in [0.29, 0.717) is 23.9 Å². The van der Waals surface area contributed by atoms with E-state index in [1.54, 1.807) is 0 Å². The van der Waals surface area contributed by atoms with Gasteiger partial charge in [0.05, 0.1) is 39.9 Å². The minimum absolute atomic E-state index is 0.0162. The smallest absolute Gasteiger partial charge is 0.390 e. The Morgan fingerprint density at radius 3 is 1.51 bits per heavy atom. The van der Waals surface area contributed by atoms with Crippen molar-refractivity contribution in [3.63, 3.8) is 0 Å². The number of likely N-dealkylation sites (N-methyl/N-ethyl adjacent to an activating group) is 1. The number of nitrogens with one attached hydrogen (secondary N) is 1. The first-order chi connectivity index (χ1) is 25.4. The summed E-state index contributed by atoms with van der Waals surface area (Å²) in [6, 6.07) is -1.05. The van der Waals surface area contributed by atoms with Crippen molar-refractivity contribution in [1.82, 2.24) is 5.32 Å². The molecule has 0 aromatic rings. The number of quaternary nitrogens is 1. The van der Waals surface area contributed by atoms with Crippen LogP contribution in [0.15, 0.2) is 24.3 Å². The largest absolute Gasteiger partial charge is 0.472 e. The molecule has 0 aromatic carbocycles. The van der Waals surface area contributed by atoms with Crippen molar-refractivity contribution in [2.45, 2.75) is 205 Å². The van der Waals surface area contributed by atoms with Crippen molar-refractivity contribution in [1.29, 1.82) is 0 Å². The van der Waals surface area contributed by atoms with Crippen LogP contribution in [0.1, 0.15) is 187 Å². The zero-order chi connectivity index (χ0) is 39.5. The summed E-state index contributed by atoms with van der Waals surface area (Å²) >= 11 is 0. The molecule has 0 aliphatic rings. The molecule has 0 spiro atoms. The van der Waals surface area contributed by atoms with Gasteiger partial charge in [0, 0.05) is 6.42 Å². The number of hydrogen-bond acceptors (Lipinski definition) is 6. The number of aliphatic hydroxyl groups excluding tert-OH is 2. The van der Waals surface area contributed by atoms with Crippen LogP contribution in [0.5, 0.6) is 0 Å².